The van der Waals surface area contributed by atoms with Crippen molar-refractivity contribution in [2.45, 2.75) is 76.6 Å². The summed E-state index contributed by atoms with van der Waals surface area (Å²) < 4.78 is 11.3. The summed E-state index contributed by atoms with van der Waals surface area (Å²) >= 11 is 0. The summed E-state index contributed by atoms with van der Waals surface area (Å²) in [5, 5.41) is 19.6. The second-order valence-corrected chi connectivity index (χ2v) is 7.99. The molecule has 3 aliphatic rings. The van der Waals surface area contributed by atoms with E-state index in [-0.39, 0.29) is 17.6 Å². The summed E-state index contributed by atoms with van der Waals surface area (Å²) in [5.41, 5.74) is 0.176. The lowest BCUT2D eigenvalue weighted by atomic mass is 9.60. The quantitative estimate of drug-likeness (QED) is 0.740. The Balaban J connectivity index is 1.62. The Kier molecular flexibility index (Phi) is 5.43. The topological polar surface area (TPSA) is 62.2 Å². The summed E-state index contributed by atoms with van der Waals surface area (Å²) in [7, 11) is 0. The van der Waals surface area contributed by atoms with Gasteiger partial charge in [-0.2, -0.15) is 0 Å². The minimum absolute atomic E-state index is 0.102. The van der Waals surface area contributed by atoms with E-state index < -0.39 is 0 Å². The van der Waals surface area contributed by atoms with E-state index >= 15 is 0 Å². The van der Waals surface area contributed by atoms with Crippen LogP contribution in [0.15, 0.2) is 0 Å². The van der Waals surface area contributed by atoms with Crippen LogP contribution in [0.2, 0.25) is 0 Å². The molecule has 0 aromatic heterocycles. The van der Waals surface area contributed by atoms with E-state index in [0.717, 1.165) is 71.2 Å². The average molecular weight is 312 g/mol. The molecule has 0 amide bonds. The Morgan fingerprint density at radius 1 is 0.909 bits per heavy atom. The highest BCUT2D eigenvalue weighted by molar-refractivity contribution is 4.93. The summed E-state index contributed by atoms with van der Waals surface area (Å²) in [6, 6.07) is 0. The van der Waals surface area contributed by atoms with E-state index in [1.807, 2.05) is 0 Å². The lowest BCUT2D eigenvalue weighted by Gasteiger charge is -2.48. The van der Waals surface area contributed by atoms with Crippen LogP contribution in [-0.4, -0.2) is 48.3 Å². The second kappa shape index (κ2) is 7.16. The van der Waals surface area contributed by atoms with Crippen molar-refractivity contribution in [1.82, 2.24) is 0 Å². The highest BCUT2D eigenvalue weighted by atomic mass is 16.6. The fourth-order valence-corrected chi connectivity index (χ4v) is 4.61. The normalized spacial score (nSPS) is 41.9. The van der Waals surface area contributed by atoms with Crippen molar-refractivity contribution in [3.63, 3.8) is 0 Å². The molecule has 2 saturated carbocycles. The summed E-state index contributed by atoms with van der Waals surface area (Å²) in [6.07, 6.45) is 8.29. The molecule has 1 atom stereocenters. The van der Waals surface area contributed by atoms with Gasteiger partial charge in [0, 0.05) is 0 Å². The predicted octanol–water partition coefficient (Wildman–Crippen LogP) is 2.51. The molecule has 128 valence electrons. The predicted molar refractivity (Wildman–Crippen MR) is 84.6 cm³/mol. The van der Waals surface area contributed by atoms with Gasteiger partial charge in [-0.25, -0.2) is 0 Å². The number of epoxide rings is 1. The maximum absolute atomic E-state index is 9.81. The largest absolute Gasteiger partial charge is 0.393 e. The molecule has 0 radical (unpaired) electrons. The van der Waals surface area contributed by atoms with Crippen LogP contribution < -0.4 is 0 Å². The zero-order valence-corrected chi connectivity index (χ0v) is 13.9. The molecule has 22 heavy (non-hydrogen) atoms. The molecular weight excluding hydrogens is 280 g/mol. The molecule has 1 aliphatic heterocycles. The number of aliphatic hydroxyl groups excluding tert-OH is 2. The Hall–Kier alpha value is -0.160. The van der Waals surface area contributed by atoms with Crippen molar-refractivity contribution < 1.29 is 19.7 Å². The molecule has 1 unspecified atom stereocenters. The van der Waals surface area contributed by atoms with Crippen LogP contribution in [0.4, 0.5) is 0 Å². The molecule has 4 nitrogen and oxygen atoms in total. The van der Waals surface area contributed by atoms with Crippen LogP contribution in [0, 0.1) is 17.3 Å². The number of hydrogen-bond donors (Lipinski definition) is 2. The fourth-order valence-electron chi connectivity index (χ4n) is 4.61. The van der Waals surface area contributed by atoms with E-state index in [4.69, 9.17) is 9.47 Å². The number of hydrogen-bond acceptors (Lipinski definition) is 4. The van der Waals surface area contributed by atoms with E-state index in [1.165, 1.54) is 0 Å². The highest BCUT2D eigenvalue weighted by Gasteiger charge is 2.44. The fraction of sp³-hybridized carbons (Fsp3) is 1.00. The van der Waals surface area contributed by atoms with Crippen LogP contribution in [0.3, 0.4) is 0 Å². The van der Waals surface area contributed by atoms with Crippen molar-refractivity contribution >= 4 is 0 Å². The minimum Gasteiger partial charge on any atom is -0.393 e. The summed E-state index contributed by atoms with van der Waals surface area (Å²) in [4.78, 5) is 0. The molecule has 0 aromatic carbocycles. The lowest BCUT2D eigenvalue weighted by molar-refractivity contribution is -0.0665. The third kappa shape index (κ3) is 4.02. The Bertz CT molecular complexity index is 317. The SMILES string of the molecule is CC(COCC1CO1)(C1CCC(O)CC1)C1CCC(O)CC1. The standard InChI is InChI=1S/C18H32O4/c1-18(12-21-10-17-11-22-17,13-2-6-15(19)7-3-13)14-4-8-16(20)9-5-14/h13-17,19-20H,2-12H2,1H3. The van der Waals surface area contributed by atoms with Gasteiger partial charge in [-0.3, -0.25) is 0 Å². The van der Waals surface area contributed by atoms with Crippen molar-refractivity contribution in [2.75, 3.05) is 19.8 Å². The zero-order valence-electron chi connectivity index (χ0n) is 13.9. The first kappa shape index (κ1) is 16.7. The van der Waals surface area contributed by atoms with Gasteiger partial charge in [-0.1, -0.05) is 6.92 Å². The van der Waals surface area contributed by atoms with Gasteiger partial charge >= 0.3 is 0 Å². The van der Waals surface area contributed by atoms with Gasteiger partial charge < -0.3 is 19.7 Å². The monoisotopic (exact) mass is 312 g/mol. The molecule has 2 N–H and O–H groups in total. The molecule has 0 aromatic rings. The second-order valence-electron chi connectivity index (χ2n) is 7.99. The molecule has 3 rings (SSSR count). The maximum Gasteiger partial charge on any atom is 0.104 e. The van der Waals surface area contributed by atoms with E-state index in [0.29, 0.717) is 17.9 Å². The molecule has 1 heterocycles. The van der Waals surface area contributed by atoms with Crippen LogP contribution in [-0.2, 0) is 9.47 Å². The van der Waals surface area contributed by atoms with Crippen molar-refractivity contribution in [3.8, 4) is 0 Å². The van der Waals surface area contributed by atoms with Crippen LogP contribution in [0.1, 0.15) is 58.3 Å². The van der Waals surface area contributed by atoms with Crippen LogP contribution in [0.5, 0.6) is 0 Å². The zero-order chi connectivity index (χ0) is 15.6. The molecular formula is C18H32O4. The first-order valence-electron chi connectivity index (χ1n) is 9.13. The first-order chi connectivity index (χ1) is 10.6. The summed E-state index contributed by atoms with van der Waals surface area (Å²) in [6.45, 7) is 4.77. The van der Waals surface area contributed by atoms with Crippen molar-refractivity contribution in [3.05, 3.63) is 0 Å². The molecule has 0 spiro atoms. The smallest absolute Gasteiger partial charge is 0.104 e. The van der Waals surface area contributed by atoms with Gasteiger partial charge in [0.05, 0.1) is 32.0 Å². The molecule has 0 bridgehead atoms. The van der Waals surface area contributed by atoms with Crippen molar-refractivity contribution in [1.29, 1.82) is 0 Å². The van der Waals surface area contributed by atoms with Crippen molar-refractivity contribution in [2.24, 2.45) is 17.3 Å². The van der Waals surface area contributed by atoms with Gasteiger partial charge in [0.25, 0.3) is 0 Å². The Morgan fingerprint density at radius 3 is 1.77 bits per heavy atom. The number of ether oxygens (including phenoxy) is 2. The highest BCUT2D eigenvalue weighted by Crippen LogP contribution is 2.49. The average Bonchev–Trinajstić information content (AvgIpc) is 3.32. The third-order valence-electron chi connectivity index (χ3n) is 6.38. The number of aliphatic hydroxyl groups is 2. The van der Waals surface area contributed by atoms with Crippen LogP contribution in [0.25, 0.3) is 0 Å². The van der Waals surface area contributed by atoms with Gasteiger partial charge in [-0.15, -0.1) is 0 Å². The maximum atomic E-state index is 9.81. The third-order valence-corrected chi connectivity index (χ3v) is 6.38. The van der Waals surface area contributed by atoms with Gasteiger partial charge in [0.1, 0.15) is 6.10 Å². The van der Waals surface area contributed by atoms with Gasteiger partial charge in [0.2, 0.25) is 0 Å². The van der Waals surface area contributed by atoms with Gasteiger partial charge in [-0.05, 0) is 68.6 Å². The minimum atomic E-state index is -0.102. The Labute approximate surface area is 134 Å². The number of rotatable bonds is 6. The molecule has 3 fully saturated rings. The Morgan fingerprint density at radius 2 is 1.36 bits per heavy atom. The van der Waals surface area contributed by atoms with Crippen LogP contribution >= 0.6 is 0 Å². The molecule has 2 aliphatic carbocycles. The van der Waals surface area contributed by atoms with Gasteiger partial charge in [0.15, 0.2) is 0 Å². The first-order valence-corrected chi connectivity index (χ1v) is 9.13. The lowest BCUT2D eigenvalue weighted by Crippen LogP contribution is -2.44. The summed E-state index contributed by atoms with van der Waals surface area (Å²) in [5.74, 6) is 1.27. The van der Waals surface area contributed by atoms with E-state index in [1.54, 1.807) is 0 Å². The molecule has 1 saturated heterocycles. The molecule has 4 heteroatoms. The van der Waals surface area contributed by atoms with E-state index in [9.17, 15) is 10.2 Å². The van der Waals surface area contributed by atoms with E-state index in [2.05, 4.69) is 6.92 Å².